The van der Waals surface area contributed by atoms with Crippen LogP contribution < -0.4 is 5.32 Å². The van der Waals surface area contributed by atoms with Crippen LogP contribution in [0.15, 0.2) is 29.2 Å². The van der Waals surface area contributed by atoms with E-state index in [9.17, 15) is 14.4 Å². The molecule has 2 amide bonds. The Morgan fingerprint density at radius 1 is 1.21 bits per heavy atom. The molecule has 1 saturated heterocycles. The molecule has 0 aliphatic carbocycles. The average molecular weight is 278 g/mol. The second kappa shape index (κ2) is 5.99. The Morgan fingerprint density at radius 3 is 2.32 bits per heavy atom. The largest absolute Gasteiger partial charge is 0.294 e. The van der Waals surface area contributed by atoms with Crippen LogP contribution in [-0.4, -0.2) is 48.4 Å². The van der Waals surface area contributed by atoms with Crippen molar-refractivity contribution in [3.63, 3.8) is 0 Å². The molecule has 0 bridgehead atoms. The fourth-order valence-electron chi connectivity index (χ4n) is 1.88. The van der Waals surface area contributed by atoms with E-state index in [0.29, 0.717) is 5.56 Å². The lowest BCUT2D eigenvalue weighted by Crippen LogP contribution is -2.52. The van der Waals surface area contributed by atoms with Crippen molar-refractivity contribution in [3.8, 4) is 0 Å². The number of thioether (sulfide) groups is 1. The standard InChI is InChI=1S/C13H14N2O3S/c1-19-10-4-2-9(3-5-10)11(16)6-15-7-12(17)14-13(18)8-15/h2-5H,6-8H2,1H3,(H,14,17,18). The van der Waals surface area contributed by atoms with Crippen molar-refractivity contribution in [1.82, 2.24) is 10.2 Å². The summed E-state index contributed by atoms with van der Waals surface area (Å²) in [5.74, 6) is -0.807. The predicted molar refractivity (Wildman–Crippen MR) is 72.1 cm³/mol. The van der Waals surface area contributed by atoms with Crippen LogP contribution in [0.3, 0.4) is 0 Å². The minimum atomic E-state index is -0.359. The number of piperazine rings is 1. The van der Waals surface area contributed by atoms with Crippen molar-refractivity contribution < 1.29 is 14.4 Å². The van der Waals surface area contributed by atoms with Gasteiger partial charge in [-0.05, 0) is 18.4 Å². The number of ketones is 1. The van der Waals surface area contributed by atoms with E-state index in [2.05, 4.69) is 5.32 Å². The van der Waals surface area contributed by atoms with Crippen LogP contribution in [-0.2, 0) is 9.59 Å². The van der Waals surface area contributed by atoms with Crippen LogP contribution in [0.2, 0.25) is 0 Å². The minimum absolute atomic E-state index is 0.0811. The lowest BCUT2D eigenvalue weighted by molar-refractivity contribution is -0.135. The molecule has 19 heavy (non-hydrogen) atoms. The van der Waals surface area contributed by atoms with E-state index in [1.165, 1.54) is 0 Å². The molecule has 1 heterocycles. The van der Waals surface area contributed by atoms with E-state index < -0.39 is 0 Å². The number of hydrogen-bond donors (Lipinski definition) is 1. The quantitative estimate of drug-likeness (QED) is 0.495. The van der Waals surface area contributed by atoms with Gasteiger partial charge in [0.25, 0.3) is 0 Å². The third kappa shape index (κ3) is 3.65. The first-order valence-electron chi connectivity index (χ1n) is 5.81. The molecular weight excluding hydrogens is 264 g/mol. The van der Waals surface area contributed by atoms with Crippen LogP contribution in [0.5, 0.6) is 0 Å². The van der Waals surface area contributed by atoms with Gasteiger partial charge in [-0.1, -0.05) is 12.1 Å². The Bertz CT molecular complexity index is 497. The zero-order valence-corrected chi connectivity index (χ0v) is 11.3. The summed E-state index contributed by atoms with van der Waals surface area (Å²) in [7, 11) is 0. The third-order valence-corrected chi connectivity index (χ3v) is 3.54. The van der Waals surface area contributed by atoms with E-state index in [-0.39, 0.29) is 37.2 Å². The second-order valence-electron chi connectivity index (χ2n) is 4.27. The summed E-state index contributed by atoms with van der Waals surface area (Å²) in [5.41, 5.74) is 0.594. The maximum atomic E-state index is 12.0. The molecule has 0 spiro atoms. The molecule has 1 N–H and O–H groups in total. The topological polar surface area (TPSA) is 66.5 Å². The van der Waals surface area contributed by atoms with E-state index in [0.717, 1.165) is 4.90 Å². The van der Waals surface area contributed by atoms with Gasteiger partial charge in [0.05, 0.1) is 19.6 Å². The number of carbonyl (C=O) groups excluding carboxylic acids is 3. The van der Waals surface area contributed by atoms with Gasteiger partial charge in [-0.3, -0.25) is 24.6 Å². The molecule has 2 rings (SSSR count). The van der Waals surface area contributed by atoms with Crippen LogP contribution in [0.25, 0.3) is 0 Å². The number of amides is 2. The molecule has 0 unspecified atom stereocenters. The summed E-state index contributed by atoms with van der Waals surface area (Å²) >= 11 is 1.61. The lowest BCUT2D eigenvalue weighted by Gasteiger charge is -2.24. The van der Waals surface area contributed by atoms with Crippen molar-refractivity contribution in [1.29, 1.82) is 0 Å². The second-order valence-corrected chi connectivity index (χ2v) is 5.15. The predicted octanol–water partition coefficient (Wildman–Crippen LogP) is 0.550. The smallest absolute Gasteiger partial charge is 0.240 e. The summed E-state index contributed by atoms with van der Waals surface area (Å²) in [5, 5.41) is 2.20. The number of carbonyl (C=O) groups is 3. The highest BCUT2D eigenvalue weighted by Gasteiger charge is 2.24. The molecule has 1 aliphatic heterocycles. The molecule has 1 aliphatic rings. The molecule has 0 aromatic heterocycles. The Kier molecular flexibility index (Phi) is 4.34. The van der Waals surface area contributed by atoms with Crippen molar-refractivity contribution in [2.45, 2.75) is 4.90 Å². The molecule has 100 valence electrons. The Hall–Kier alpha value is -1.66. The maximum absolute atomic E-state index is 12.0. The molecule has 0 saturated carbocycles. The van der Waals surface area contributed by atoms with Crippen molar-refractivity contribution >= 4 is 29.4 Å². The first-order valence-corrected chi connectivity index (χ1v) is 7.03. The number of nitrogens with one attached hydrogen (secondary N) is 1. The number of nitrogens with zero attached hydrogens (tertiary/aromatic N) is 1. The van der Waals surface area contributed by atoms with E-state index in [1.807, 2.05) is 18.4 Å². The summed E-state index contributed by atoms with van der Waals surface area (Å²) in [4.78, 5) is 37.1. The summed E-state index contributed by atoms with van der Waals surface area (Å²) in [6.45, 7) is 0.249. The molecular formula is C13H14N2O3S. The van der Waals surface area contributed by atoms with Crippen LogP contribution in [0.4, 0.5) is 0 Å². The molecule has 0 radical (unpaired) electrons. The monoisotopic (exact) mass is 278 g/mol. The highest BCUT2D eigenvalue weighted by Crippen LogP contribution is 2.15. The van der Waals surface area contributed by atoms with Crippen molar-refractivity contribution in [2.75, 3.05) is 25.9 Å². The first-order chi connectivity index (χ1) is 9.08. The number of hydrogen-bond acceptors (Lipinski definition) is 5. The Labute approximate surface area is 115 Å². The zero-order chi connectivity index (χ0) is 13.8. The van der Waals surface area contributed by atoms with Gasteiger partial charge < -0.3 is 0 Å². The van der Waals surface area contributed by atoms with Gasteiger partial charge in [-0.25, -0.2) is 0 Å². The molecule has 5 nitrogen and oxygen atoms in total. The zero-order valence-electron chi connectivity index (χ0n) is 10.5. The van der Waals surface area contributed by atoms with Crippen LogP contribution in [0.1, 0.15) is 10.4 Å². The Morgan fingerprint density at radius 2 is 1.79 bits per heavy atom. The molecule has 1 aromatic rings. The van der Waals surface area contributed by atoms with E-state index in [4.69, 9.17) is 0 Å². The van der Waals surface area contributed by atoms with E-state index >= 15 is 0 Å². The highest BCUT2D eigenvalue weighted by molar-refractivity contribution is 7.98. The minimum Gasteiger partial charge on any atom is -0.294 e. The normalized spacial score (nSPS) is 16.3. The molecule has 1 aromatic carbocycles. The van der Waals surface area contributed by atoms with Gasteiger partial charge in [-0.15, -0.1) is 11.8 Å². The average Bonchev–Trinajstić information content (AvgIpc) is 2.37. The Balaban J connectivity index is 1.99. The fraction of sp³-hybridized carbons (Fsp3) is 0.308. The third-order valence-electron chi connectivity index (χ3n) is 2.79. The highest BCUT2D eigenvalue weighted by atomic mass is 32.2. The van der Waals surface area contributed by atoms with Crippen LogP contribution >= 0.6 is 11.8 Å². The summed E-state index contributed by atoms with van der Waals surface area (Å²) in [6.07, 6.45) is 1.97. The van der Waals surface area contributed by atoms with E-state index in [1.54, 1.807) is 28.8 Å². The summed E-state index contributed by atoms with van der Waals surface area (Å²) < 4.78 is 0. The van der Waals surface area contributed by atoms with Gasteiger partial charge in [0.1, 0.15) is 0 Å². The van der Waals surface area contributed by atoms with Gasteiger partial charge in [-0.2, -0.15) is 0 Å². The van der Waals surface area contributed by atoms with Crippen LogP contribution in [0, 0.1) is 0 Å². The first kappa shape index (κ1) is 13.8. The number of benzene rings is 1. The summed E-state index contributed by atoms with van der Waals surface area (Å²) in [6, 6.07) is 7.29. The van der Waals surface area contributed by atoms with Crippen molar-refractivity contribution in [2.24, 2.45) is 0 Å². The van der Waals surface area contributed by atoms with Crippen molar-refractivity contribution in [3.05, 3.63) is 29.8 Å². The molecule has 6 heteroatoms. The number of Topliss-reactive ketones (excluding diaryl/α,β-unsaturated/α-hetero) is 1. The molecule has 1 fully saturated rings. The van der Waals surface area contributed by atoms with Gasteiger partial charge in [0, 0.05) is 10.5 Å². The van der Waals surface area contributed by atoms with Gasteiger partial charge in [0.15, 0.2) is 5.78 Å². The maximum Gasteiger partial charge on any atom is 0.240 e. The van der Waals surface area contributed by atoms with Gasteiger partial charge >= 0.3 is 0 Å². The number of rotatable bonds is 4. The molecule has 0 atom stereocenters. The van der Waals surface area contributed by atoms with Gasteiger partial charge in [0.2, 0.25) is 11.8 Å². The fourth-order valence-corrected chi connectivity index (χ4v) is 2.29. The lowest BCUT2D eigenvalue weighted by atomic mass is 10.1. The SMILES string of the molecule is CSc1ccc(C(=O)CN2CC(=O)NC(=O)C2)cc1. The number of imide groups is 1.